The van der Waals surface area contributed by atoms with Crippen LogP contribution in [0.2, 0.25) is 10.0 Å². The summed E-state index contributed by atoms with van der Waals surface area (Å²) in [6.07, 6.45) is 1.06. The molecule has 0 saturated carbocycles. The second-order valence-corrected chi connectivity index (χ2v) is 7.75. The molecule has 3 rings (SSSR count). The van der Waals surface area contributed by atoms with Gasteiger partial charge in [0.05, 0.1) is 15.7 Å². The molecule has 5 nitrogen and oxygen atoms in total. The van der Waals surface area contributed by atoms with Crippen molar-refractivity contribution in [3.8, 4) is 0 Å². The molecule has 0 spiro atoms. The lowest BCUT2D eigenvalue weighted by molar-refractivity contribution is -0.122. The van der Waals surface area contributed by atoms with E-state index in [-0.39, 0.29) is 10.9 Å². The summed E-state index contributed by atoms with van der Waals surface area (Å²) in [7, 11) is 0. The second-order valence-electron chi connectivity index (χ2n) is 6.97. The molecule has 1 atom stereocenters. The molecule has 0 heterocycles. The number of urea groups is 1. The maximum absolute atomic E-state index is 12.8. The fourth-order valence-electron chi connectivity index (χ4n) is 3.07. The van der Waals surface area contributed by atoms with Gasteiger partial charge in [0.15, 0.2) is 0 Å². The molecule has 0 aliphatic carbocycles. The van der Waals surface area contributed by atoms with E-state index < -0.39 is 12.1 Å². The minimum absolute atomic E-state index is 0.242. The fraction of sp³-hybridized carbons (Fsp3) is 0.167. The summed E-state index contributed by atoms with van der Waals surface area (Å²) in [5.41, 5.74) is 2.44. The van der Waals surface area contributed by atoms with Crippen molar-refractivity contribution in [1.82, 2.24) is 10.6 Å². The molecule has 3 amide bonds. The highest BCUT2D eigenvalue weighted by Crippen LogP contribution is 2.29. The smallest absolute Gasteiger partial charge is 0.319 e. The third-order valence-corrected chi connectivity index (χ3v) is 5.48. The molecule has 0 aliphatic rings. The number of anilines is 1. The molecule has 0 saturated heterocycles. The van der Waals surface area contributed by atoms with E-state index >= 15 is 0 Å². The minimum atomic E-state index is -0.754. The van der Waals surface area contributed by atoms with Gasteiger partial charge in [-0.3, -0.25) is 4.79 Å². The maximum Gasteiger partial charge on any atom is 0.319 e. The van der Waals surface area contributed by atoms with E-state index in [1.165, 1.54) is 0 Å². The van der Waals surface area contributed by atoms with Crippen LogP contribution in [0.25, 0.3) is 0 Å². The van der Waals surface area contributed by atoms with Crippen LogP contribution in [0.5, 0.6) is 0 Å². The Balaban J connectivity index is 1.64. The molecular formula is C24H23Cl2N3O2. The van der Waals surface area contributed by atoms with Gasteiger partial charge in [0, 0.05) is 13.0 Å². The third kappa shape index (κ3) is 7.02. The van der Waals surface area contributed by atoms with Crippen molar-refractivity contribution >= 4 is 40.8 Å². The topological polar surface area (TPSA) is 70.2 Å². The molecule has 1 unspecified atom stereocenters. The predicted octanol–water partition coefficient (Wildman–Crippen LogP) is 5.09. The Labute approximate surface area is 191 Å². The lowest BCUT2D eigenvalue weighted by atomic mass is 10.1. The highest BCUT2D eigenvalue weighted by atomic mass is 35.5. The fourth-order valence-corrected chi connectivity index (χ4v) is 3.42. The number of carbonyl (C=O) groups excluding carboxylic acids is 2. The summed E-state index contributed by atoms with van der Waals surface area (Å²) < 4.78 is 0. The Morgan fingerprint density at radius 2 is 1.45 bits per heavy atom. The number of hydrogen-bond acceptors (Lipinski definition) is 2. The average Bonchev–Trinajstić information content (AvgIpc) is 2.78. The van der Waals surface area contributed by atoms with Gasteiger partial charge in [0.1, 0.15) is 6.04 Å². The molecule has 31 heavy (non-hydrogen) atoms. The van der Waals surface area contributed by atoms with E-state index in [0.29, 0.717) is 30.1 Å². The van der Waals surface area contributed by atoms with E-state index in [0.717, 1.165) is 11.1 Å². The maximum atomic E-state index is 12.8. The largest absolute Gasteiger partial charge is 0.354 e. The van der Waals surface area contributed by atoms with Gasteiger partial charge < -0.3 is 16.0 Å². The number of halogens is 2. The van der Waals surface area contributed by atoms with Crippen molar-refractivity contribution < 1.29 is 9.59 Å². The molecule has 0 bridgehead atoms. The Morgan fingerprint density at radius 1 is 0.806 bits per heavy atom. The molecule has 3 N–H and O–H groups in total. The number of nitrogens with one attached hydrogen (secondary N) is 3. The van der Waals surface area contributed by atoms with Crippen molar-refractivity contribution in [1.29, 1.82) is 0 Å². The van der Waals surface area contributed by atoms with E-state index in [1.807, 2.05) is 60.7 Å². The van der Waals surface area contributed by atoms with Crippen molar-refractivity contribution in [3.63, 3.8) is 0 Å². The monoisotopic (exact) mass is 455 g/mol. The molecule has 0 aromatic heterocycles. The number of rotatable bonds is 8. The van der Waals surface area contributed by atoms with Crippen LogP contribution in [-0.2, 0) is 17.6 Å². The predicted molar refractivity (Wildman–Crippen MR) is 126 cm³/mol. The Bertz CT molecular complexity index is 1010. The lowest BCUT2D eigenvalue weighted by Gasteiger charge is -2.19. The molecule has 0 radical (unpaired) electrons. The Kier molecular flexibility index (Phi) is 8.33. The SMILES string of the molecule is O=C(Nc1cccc(Cl)c1Cl)NC(Cc1ccccc1)C(=O)NCCc1ccccc1. The van der Waals surface area contributed by atoms with Crippen LogP contribution < -0.4 is 16.0 Å². The van der Waals surface area contributed by atoms with Gasteiger partial charge in [-0.05, 0) is 29.7 Å². The average molecular weight is 456 g/mol. The Hall–Kier alpha value is -3.02. The highest BCUT2D eigenvalue weighted by molar-refractivity contribution is 6.43. The van der Waals surface area contributed by atoms with Crippen LogP contribution in [0.4, 0.5) is 10.5 Å². The standard InChI is InChI=1S/C24H23Cl2N3O2/c25-19-12-7-13-20(22(19)26)28-24(31)29-21(16-18-10-5-2-6-11-18)23(30)27-15-14-17-8-3-1-4-9-17/h1-13,21H,14-16H2,(H,27,30)(H2,28,29,31). The van der Waals surface area contributed by atoms with Gasteiger partial charge in [-0.15, -0.1) is 0 Å². The van der Waals surface area contributed by atoms with E-state index in [4.69, 9.17) is 23.2 Å². The summed E-state index contributed by atoms with van der Waals surface area (Å²) in [4.78, 5) is 25.4. The van der Waals surface area contributed by atoms with Crippen LogP contribution in [0.3, 0.4) is 0 Å². The van der Waals surface area contributed by atoms with Crippen LogP contribution in [0.15, 0.2) is 78.9 Å². The van der Waals surface area contributed by atoms with Crippen molar-refractivity contribution in [2.75, 3.05) is 11.9 Å². The number of benzene rings is 3. The van der Waals surface area contributed by atoms with Gasteiger partial charge in [-0.1, -0.05) is 89.9 Å². The van der Waals surface area contributed by atoms with Gasteiger partial charge in [0.25, 0.3) is 0 Å². The molecule has 0 fully saturated rings. The zero-order valence-electron chi connectivity index (χ0n) is 16.8. The Morgan fingerprint density at radius 3 is 2.13 bits per heavy atom. The van der Waals surface area contributed by atoms with Gasteiger partial charge in [-0.25, -0.2) is 4.79 Å². The first kappa shape index (κ1) is 22.7. The number of hydrogen-bond donors (Lipinski definition) is 3. The molecule has 3 aromatic rings. The van der Waals surface area contributed by atoms with Gasteiger partial charge in [-0.2, -0.15) is 0 Å². The van der Waals surface area contributed by atoms with Crippen LogP contribution in [0.1, 0.15) is 11.1 Å². The van der Waals surface area contributed by atoms with Crippen LogP contribution in [0, 0.1) is 0 Å². The van der Waals surface area contributed by atoms with Gasteiger partial charge in [0.2, 0.25) is 5.91 Å². The first-order valence-corrected chi connectivity index (χ1v) is 10.7. The number of amides is 3. The van der Waals surface area contributed by atoms with E-state index in [9.17, 15) is 9.59 Å². The zero-order chi connectivity index (χ0) is 22.1. The van der Waals surface area contributed by atoms with Crippen molar-refractivity contribution in [3.05, 3.63) is 100 Å². The first-order valence-electron chi connectivity index (χ1n) is 9.90. The normalized spacial score (nSPS) is 11.4. The lowest BCUT2D eigenvalue weighted by Crippen LogP contribution is -2.49. The van der Waals surface area contributed by atoms with Crippen molar-refractivity contribution in [2.45, 2.75) is 18.9 Å². The minimum Gasteiger partial charge on any atom is -0.354 e. The summed E-state index contributed by atoms with van der Waals surface area (Å²) in [6, 6.07) is 23.1. The summed E-state index contributed by atoms with van der Waals surface area (Å²) in [5.74, 6) is -0.257. The first-order chi connectivity index (χ1) is 15.0. The molecule has 7 heteroatoms. The quantitative estimate of drug-likeness (QED) is 0.442. The summed E-state index contributed by atoms with van der Waals surface area (Å²) in [6.45, 7) is 0.470. The van der Waals surface area contributed by atoms with E-state index in [1.54, 1.807) is 18.2 Å². The van der Waals surface area contributed by atoms with E-state index in [2.05, 4.69) is 16.0 Å². The highest BCUT2D eigenvalue weighted by Gasteiger charge is 2.21. The van der Waals surface area contributed by atoms with Crippen LogP contribution in [-0.4, -0.2) is 24.5 Å². The summed E-state index contributed by atoms with van der Waals surface area (Å²) >= 11 is 12.1. The number of carbonyl (C=O) groups is 2. The second kappa shape index (κ2) is 11.4. The molecule has 160 valence electrons. The molecule has 3 aromatic carbocycles. The molecular weight excluding hydrogens is 433 g/mol. The third-order valence-electron chi connectivity index (χ3n) is 4.66. The van der Waals surface area contributed by atoms with Gasteiger partial charge >= 0.3 is 6.03 Å². The van der Waals surface area contributed by atoms with Crippen LogP contribution >= 0.6 is 23.2 Å². The molecule has 0 aliphatic heterocycles. The van der Waals surface area contributed by atoms with Crippen molar-refractivity contribution in [2.24, 2.45) is 0 Å². The zero-order valence-corrected chi connectivity index (χ0v) is 18.3. The summed E-state index contributed by atoms with van der Waals surface area (Å²) in [5, 5.41) is 8.89.